The normalized spacial score (nSPS) is 19.0. The van der Waals surface area contributed by atoms with Gasteiger partial charge in [-0.25, -0.2) is 0 Å². The summed E-state index contributed by atoms with van der Waals surface area (Å²) in [6.45, 7) is 6.72. The third-order valence-corrected chi connectivity index (χ3v) is 7.13. The first kappa shape index (κ1) is 40.1. The number of rotatable bonds is 8. The molecule has 2 saturated heterocycles. The summed E-state index contributed by atoms with van der Waals surface area (Å²) in [5, 5.41) is 0. The van der Waals surface area contributed by atoms with Gasteiger partial charge in [0, 0.05) is 44.9 Å². The second kappa shape index (κ2) is 19.1. The van der Waals surface area contributed by atoms with Crippen LogP contribution in [0.25, 0.3) is 0 Å². The Balaban J connectivity index is 0. The molecule has 2 aromatic carbocycles. The minimum absolute atomic E-state index is 0. The van der Waals surface area contributed by atoms with Crippen LogP contribution in [0.5, 0.6) is 0 Å². The molecule has 9 heteroatoms. The van der Waals surface area contributed by atoms with Crippen LogP contribution in [0.15, 0.2) is 60.7 Å². The van der Waals surface area contributed by atoms with Gasteiger partial charge >= 0.3 is 23.1 Å². The van der Waals surface area contributed by atoms with Crippen LogP contribution in [0.3, 0.4) is 0 Å². The van der Waals surface area contributed by atoms with Gasteiger partial charge in [0.05, 0.1) is 12.1 Å². The third-order valence-electron chi connectivity index (χ3n) is 7.13. The summed E-state index contributed by atoms with van der Waals surface area (Å²) < 4.78 is 4.85. The van der Waals surface area contributed by atoms with E-state index in [2.05, 4.69) is 0 Å². The number of ketones is 2. The molecule has 2 amide bonds. The molecule has 0 aliphatic carbocycles. The first-order chi connectivity index (χ1) is 17.2. The van der Waals surface area contributed by atoms with Crippen molar-refractivity contribution < 1.29 is 40.9 Å². The van der Waals surface area contributed by atoms with Gasteiger partial charge < -0.3 is 38.9 Å². The number of methoxy groups -OCH3 is 1. The number of amides is 2. The van der Waals surface area contributed by atoms with Crippen LogP contribution in [0.2, 0.25) is 0 Å². The maximum atomic E-state index is 12.0. The molecule has 0 radical (unpaired) electrons. The van der Waals surface area contributed by atoms with Crippen molar-refractivity contribution in [2.75, 3.05) is 26.8 Å². The SMILES string of the molecule is C.CC(=O)[C@@H]1CC(=O)N([C@H](C)c2ccccc2)C1.COCC(=O)[C@@H]1CC(=O)N([C@H](C)c2ccccc2)C1.[Br-].[CH3-].[Mg+2]. The molecule has 0 spiro atoms. The monoisotopic (exact) mass is 626 g/mol. The maximum Gasteiger partial charge on any atom is 2.00 e. The van der Waals surface area contributed by atoms with Gasteiger partial charge in [0.1, 0.15) is 12.4 Å². The van der Waals surface area contributed by atoms with Gasteiger partial charge in [-0.05, 0) is 31.9 Å². The van der Waals surface area contributed by atoms with Crippen molar-refractivity contribution in [3.05, 3.63) is 79.2 Å². The number of carbonyl (C=O) groups excluding carboxylic acids is 4. The molecule has 4 atom stereocenters. The fourth-order valence-electron chi connectivity index (χ4n) is 4.78. The molecule has 0 unspecified atom stereocenters. The van der Waals surface area contributed by atoms with E-state index in [1.807, 2.05) is 74.5 Å². The Kier molecular flexibility index (Phi) is 19.2. The smallest absolute Gasteiger partial charge is 1.00 e. The van der Waals surface area contributed by atoms with E-state index < -0.39 is 0 Å². The molecule has 2 aliphatic rings. The second-order valence-electron chi connectivity index (χ2n) is 9.58. The predicted octanol–water partition coefficient (Wildman–Crippen LogP) is 1.71. The molecule has 2 heterocycles. The summed E-state index contributed by atoms with van der Waals surface area (Å²) in [5.41, 5.74) is 2.21. The first-order valence-corrected chi connectivity index (χ1v) is 12.4. The largest absolute Gasteiger partial charge is 2.00 e. The number of benzene rings is 2. The summed E-state index contributed by atoms with van der Waals surface area (Å²) in [7, 11) is 1.50. The van der Waals surface area contributed by atoms with Crippen molar-refractivity contribution >= 4 is 46.4 Å². The van der Waals surface area contributed by atoms with Gasteiger partial charge in [0.15, 0.2) is 5.78 Å². The van der Waals surface area contributed by atoms with Crippen LogP contribution in [-0.4, -0.2) is 83.0 Å². The number of hydrogen-bond donors (Lipinski definition) is 0. The van der Waals surface area contributed by atoms with Crippen LogP contribution in [0.4, 0.5) is 0 Å². The van der Waals surface area contributed by atoms with Crippen molar-refractivity contribution in [3.63, 3.8) is 0 Å². The molecular formula is C31H43BrMgN2O5. The van der Waals surface area contributed by atoms with Gasteiger partial charge in [0.25, 0.3) is 0 Å². The van der Waals surface area contributed by atoms with E-state index in [9.17, 15) is 19.2 Å². The van der Waals surface area contributed by atoms with Crippen molar-refractivity contribution in [2.24, 2.45) is 11.8 Å². The average Bonchev–Trinajstić information content (AvgIpc) is 3.47. The quantitative estimate of drug-likeness (QED) is 0.329. The van der Waals surface area contributed by atoms with Crippen LogP contribution in [0.1, 0.15) is 64.3 Å². The number of likely N-dealkylation sites (tertiary alicyclic amines) is 2. The Morgan fingerprint density at radius 3 is 1.55 bits per heavy atom. The molecule has 0 aromatic heterocycles. The summed E-state index contributed by atoms with van der Waals surface area (Å²) in [4.78, 5) is 50.6. The topological polar surface area (TPSA) is 84.0 Å². The standard InChI is InChI=1S/C15H19NO3.C14H17NO2.CH4.CH3.BrH.Mg/c1-11(12-6-4-3-5-7-12)16-9-13(8-15(16)18)14(17)10-19-2;1-10(12-6-4-3-5-7-12)15-9-13(11(2)16)8-14(15)17;;;;/h3-7,11,13H,8-10H2,1-2H3;3-7,10,13H,8-9H2,1-2H3;1H4;1H3;1H;/q;;;-1;;+2/p-1/t11-,13-;10-,13-;;;;/m11..../s1. The molecule has 2 aromatic rings. The van der Waals surface area contributed by atoms with Gasteiger partial charge in [0.2, 0.25) is 11.8 Å². The van der Waals surface area contributed by atoms with Crippen molar-refractivity contribution in [1.82, 2.24) is 9.80 Å². The maximum absolute atomic E-state index is 12.0. The molecule has 40 heavy (non-hydrogen) atoms. The summed E-state index contributed by atoms with van der Waals surface area (Å²) >= 11 is 0. The zero-order chi connectivity index (χ0) is 26.2. The summed E-state index contributed by atoms with van der Waals surface area (Å²) in [6, 6.07) is 19.8. The van der Waals surface area contributed by atoms with E-state index in [1.165, 1.54) is 7.11 Å². The molecule has 0 bridgehead atoms. The van der Waals surface area contributed by atoms with Gasteiger partial charge in [-0.15, -0.1) is 0 Å². The minimum Gasteiger partial charge on any atom is -1.00 e. The molecule has 0 saturated carbocycles. The third kappa shape index (κ3) is 10.4. The van der Waals surface area contributed by atoms with Crippen LogP contribution in [-0.2, 0) is 23.9 Å². The van der Waals surface area contributed by atoms with Crippen LogP contribution < -0.4 is 17.0 Å². The minimum atomic E-state index is -0.224. The number of nitrogens with zero attached hydrogens (tertiary/aromatic N) is 2. The molecule has 216 valence electrons. The summed E-state index contributed by atoms with van der Waals surface area (Å²) in [5.74, 6) is -0.0839. The van der Waals surface area contributed by atoms with E-state index in [-0.39, 0.29) is 109 Å². The van der Waals surface area contributed by atoms with E-state index >= 15 is 0 Å². The molecule has 2 aliphatic heterocycles. The molecule has 7 nitrogen and oxygen atoms in total. The van der Waals surface area contributed by atoms with E-state index in [1.54, 1.807) is 16.7 Å². The Labute approximate surface area is 266 Å². The molecule has 2 fully saturated rings. The second-order valence-corrected chi connectivity index (χ2v) is 9.58. The van der Waals surface area contributed by atoms with Gasteiger partial charge in [-0.1, -0.05) is 68.1 Å². The van der Waals surface area contributed by atoms with Crippen molar-refractivity contribution in [2.45, 2.75) is 53.1 Å². The van der Waals surface area contributed by atoms with Gasteiger partial charge in [-0.3, -0.25) is 19.2 Å². The summed E-state index contributed by atoms with van der Waals surface area (Å²) in [6.07, 6.45) is 0.672. The zero-order valence-corrected chi connectivity index (χ0v) is 26.6. The fourth-order valence-corrected chi connectivity index (χ4v) is 4.78. The van der Waals surface area contributed by atoms with E-state index in [4.69, 9.17) is 4.74 Å². The van der Waals surface area contributed by atoms with Crippen LogP contribution >= 0.6 is 0 Å². The number of ether oxygens (including phenoxy) is 1. The zero-order valence-electron chi connectivity index (χ0n) is 23.6. The molecular weight excluding hydrogens is 585 g/mol. The Hall–Kier alpha value is -2.07. The van der Waals surface area contributed by atoms with E-state index in [0.717, 1.165) is 11.1 Å². The van der Waals surface area contributed by atoms with Crippen molar-refractivity contribution in [1.29, 1.82) is 0 Å². The fraction of sp³-hybridized carbons (Fsp3) is 0.452. The average molecular weight is 628 g/mol. The number of Topliss-reactive ketones (excluding diaryl/α,β-unsaturated/α-hetero) is 2. The Bertz CT molecular complexity index is 1070. The predicted molar refractivity (Wildman–Crippen MR) is 156 cm³/mol. The number of hydrogen-bond acceptors (Lipinski definition) is 5. The number of carbonyl (C=O) groups is 4. The Morgan fingerprint density at radius 1 is 0.825 bits per heavy atom. The molecule has 4 rings (SSSR count). The van der Waals surface area contributed by atoms with Crippen LogP contribution in [0, 0.1) is 19.3 Å². The Morgan fingerprint density at radius 2 is 1.20 bits per heavy atom. The van der Waals surface area contributed by atoms with E-state index in [0.29, 0.717) is 25.9 Å². The number of halogens is 1. The molecule has 0 N–H and O–H groups in total. The van der Waals surface area contributed by atoms with Crippen molar-refractivity contribution in [3.8, 4) is 0 Å². The van der Waals surface area contributed by atoms with Gasteiger partial charge in [-0.2, -0.15) is 0 Å². The first-order valence-electron chi connectivity index (χ1n) is 12.4.